The standard InChI is InChI=1S/C13H32N10OS2/c1-20(2)5-7-22(15)12(16-14)25-9-11(24)10-26-13-17-18-19-23(13)8-6-21(3)4/h11,18-19,24H,5-10,14-15H2,1-4H3/b16-12+. The van der Waals surface area contributed by atoms with Crippen LogP contribution >= 0.6 is 23.5 Å². The highest BCUT2D eigenvalue weighted by atomic mass is 32.2. The topological polar surface area (TPSA) is 134 Å². The molecule has 26 heavy (non-hydrogen) atoms. The van der Waals surface area contributed by atoms with Gasteiger partial charge in [0.25, 0.3) is 0 Å². The van der Waals surface area contributed by atoms with Gasteiger partial charge in [-0.1, -0.05) is 23.5 Å². The van der Waals surface area contributed by atoms with E-state index in [2.05, 4.69) is 26.2 Å². The highest BCUT2D eigenvalue weighted by molar-refractivity contribution is 8.14. The van der Waals surface area contributed by atoms with E-state index in [1.165, 1.54) is 28.5 Å². The Morgan fingerprint density at radius 2 is 1.92 bits per heavy atom. The summed E-state index contributed by atoms with van der Waals surface area (Å²) in [5.74, 6) is 12.3. The van der Waals surface area contributed by atoms with Crippen molar-refractivity contribution in [3.63, 3.8) is 0 Å². The maximum atomic E-state index is 10.2. The van der Waals surface area contributed by atoms with Crippen molar-refractivity contribution in [3.8, 4) is 0 Å². The Kier molecular flexibility index (Phi) is 11.0. The number of aliphatic hydroxyl groups is 1. The maximum Gasteiger partial charge on any atom is 0.200 e. The summed E-state index contributed by atoms with van der Waals surface area (Å²) in [6, 6.07) is 0. The van der Waals surface area contributed by atoms with E-state index >= 15 is 0 Å². The van der Waals surface area contributed by atoms with Crippen molar-refractivity contribution in [2.45, 2.75) is 6.10 Å². The van der Waals surface area contributed by atoms with E-state index in [9.17, 15) is 5.11 Å². The van der Waals surface area contributed by atoms with Gasteiger partial charge >= 0.3 is 0 Å². The van der Waals surface area contributed by atoms with Crippen LogP contribution in [0, 0.1) is 0 Å². The molecule has 1 unspecified atom stereocenters. The SMILES string of the molecule is CN(C)CCN1NNN=C1SCC(O)CS/C(=N/N)N(N)CCN(C)C. The lowest BCUT2D eigenvalue weighted by atomic mass is 10.5. The number of aliphatic hydroxyl groups excluding tert-OH is 1. The molecule has 11 nitrogen and oxygen atoms in total. The molecule has 0 saturated heterocycles. The minimum atomic E-state index is -0.539. The van der Waals surface area contributed by atoms with Crippen molar-refractivity contribution in [1.29, 1.82) is 0 Å². The van der Waals surface area contributed by atoms with Gasteiger partial charge in [-0.05, 0) is 28.2 Å². The predicted octanol–water partition coefficient (Wildman–Crippen LogP) is -2.06. The van der Waals surface area contributed by atoms with Gasteiger partial charge in [0.05, 0.1) is 12.6 Å². The van der Waals surface area contributed by atoms with E-state index in [0.717, 1.165) is 24.8 Å². The normalized spacial score (nSPS) is 16.2. The summed E-state index contributed by atoms with van der Waals surface area (Å²) in [5.41, 5.74) is 5.71. The van der Waals surface area contributed by atoms with Gasteiger partial charge < -0.3 is 20.7 Å². The van der Waals surface area contributed by atoms with Crippen LogP contribution < -0.4 is 22.8 Å². The Bertz CT molecular complexity index is 456. The molecular weight excluding hydrogens is 376 g/mol. The smallest absolute Gasteiger partial charge is 0.200 e. The predicted molar refractivity (Wildman–Crippen MR) is 111 cm³/mol. The van der Waals surface area contributed by atoms with E-state index in [-0.39, 0.29) is 0 Å². The Hall–Kier alpha value is -0.960. The molecule has 152 valence electrons. The molecule has 7 N–H and O–H groups in total. The minimum absolute atomic E-state index is 0.449. The number of hydrazone groups is 2. The molecule has 1 rings (SSSR count). The van der Waals surface area contributed by atoms with Gasteiger partial charge in [-0.15, -0.1) is 10.6 Å². The zero-order valence-electron chi connectivity index (χ0n) is 15.9. The second-order valence-corrected chi connectivity index (χ2v) is 8.23. The zero-order valence-corrected chi connectivity index (χ0v) is 17.6. The lowest BCUT2D eigenvalue weighted by molar-refractivity contribution is 0.225. The Balaban J connectivity index is 2.31. The molecule has 0 fully saturated rings. The largest absolute Gasteiger partial charge is 0.391 e. The van der Waals surface area contributed by atoms with E-state index in [4.69, 9.17) is 11.7 Å². The summed E-state index contributed by atoms with van der Waals surface area (Å²) in [5, 5.41) is 22.9. The molecule has 1 atom stereocenters. The summed E-state index contributed by atoms with van der Waals surface area (Å²) in [7, 11) is 7.98. The number of nitrogens with zero attached hydrogens (tertiary/aromatic N) is 6. The first-order valence-corrected chi connectivity index (χ1v) is 10.2. The molecule has 1 aliphatic heterocycles. The van der Waals surface area contributed by atoms with Gasteiger partial charge in [-0.2, -0.15) is 5.10 Å². The number of amidine groups is 2. The van der Waals surface area contributed by atoms with E-state index in [0.29, 0.717) is 23.2 Å². The molecule has 1 aliphatic rings. The highest BCUT2D eigenvalue weighted by Gasteiger charge is 2.19. The molecule has 0 radical (unpaired) electrons. The van der Waals surface area contributed by atoms with Crippen LogP contribution in [0.25, 0.3) is 0 Å². The quantitative estimate of drug-likeness (QED) is 0.118. The average molecular weight is 409 g/mol. The molecule has 0 saturated carbocycles. The molecule has 0 aromatic carbocycles. The van der Waals surface area contributed by atoms with Gasteiger partial charge in [-0.3, -0.25) is 10.0 Å². The van der Waals surface area contributed by atoms with Gasteiger partial charge in [0, 0.05) is 31.1 Å². The van der Waals surface area contributed by atoms with Gasteiger partial charge in [0.2, 0.25) is 0 Å². The maximum absolute atomic E-state index is 10.2. The number of thioether (sulfide) groups is 2. The number of rotatable bonds is 10. The van der Waals surface area contributed by atoms with Crippen LogP contribution in [-0.4, -0.2) is 107 Å². The van der Waals surface area contributed by atoms with E-state index in [1.54, 1.807) is 0 Å². The van der Waals surface area contributed by atoms with Crippen molar-refractivity contribution >= 4 is 33.9 Å². The van der Waals surface area contributed by atoms with Crippen molar-refractivity contribution in [3.05, 3.63) is 0 Å². The Morgan fingerprint density at radius 3 is 2.54 bits per heavy atom. The first-order valence-electron chi connectivity index (χ1n) is 8.22. The van der Waals surface area contributed by atoms with Crippen LogP contribution in [0.2, 0.25) is 0 Å². The minimum Gasteiger partial charge on any atom is -0.391 e. The number of nitrogens with one attached hydrogen (secondary N) is 2. The second-order valence-electron chi connectivity index (χ2n) is 6.26. The Morgan fingerprint density at radius 1 is 1.23 bits per heavy atom. The number of likely N-dealkylation sites (N-methyl/N-ethyl adjacent to an activating group) is 2. The third kappa shape index (κ3) is 9.12. The summed E-state index contributed by atoms with van der Waals surface area (Å²) in [6.45, 7) is 3.07. The van der Waals surface area contributed by atoms with Gasteiger partial charge in [0.1, 0.15) is 0 Å². The highest BCUT2D eigenvalue weighted by Crippen LogP contribution is 2.15. The molecule has 0 aromatic heterocycles. The fraction of sp³-hybridized carbons (Fsp3) is 0.846. The van der Waals surface area contributed by atoms with Crippen LogP contribution in [0.15, 0.2) is 10.2 Å². The lowest BCUT2D eigenvalue weighted by Gasteiger charge is -2.22. The van der Waals surface area contributed by atoms with Crippen molar-refractivity contribution in [2.75, 3.05) is 65.9 Å². The summed E-state index contributed by atoms with van der Waals surface area (Å²) in [6.07, 6.45) is -0.539. The van der Waals surface area contributed by atoms with E-state index in [1.807, 2.05) is 38.1 Å². The summed E-state index contributed by atoms with van der Waals surface area (Å²) < 4.78 is 0. The average Bonchev–Trinajstić information content (AvgIpc) is 3.04. The van der Waals surface area contributed by atoms with Gasteiger partial charge in [0.15, 0.2) is 10.3 Å². The van der Waals surface area contributed by atoms with Crippen LogP contribution in [0.5, 0.6) is 0 Å². The van der Waals surface area contributed by atoms with Crippen molar-refractivity contribution in [2.24, 2.45) is 21.9 Å². The molecule has 13 heteroatoms. The summed E-state index contributed by atoms with van der Waals surface area (Å²) in [4.78, 5) is 4.12. The van der Waals surface area contributed by atoms with Crippen LogP contribution in [0.3, 0.4) is 0 Å². The molecular formula is C13H32N10OS2. The fourth-order valence-corrected chi connectivity index (χ4v) is 3.59. The number of nitrogens with two attached hydrogens (primary N) is 2. The fourth-order valence-electron chi connectivity index (χ4n) is 1.79. The second kappa shape index (κ2) is 12.4. The molecule has 0 spiro atoms. The first kappa shape index (κ1) is 23.1. The monoisotopic (exact) mass is 408 g/mol. The van der Waals surface area contributed by atoms with E-state index < -0.39 is 6.10 Å². The van der Waals surface area contributed by atoms with Crippen molar-refractivity contribution in [1.82, 2.24) is 30.9 Å². The van der Waals surface area contributed by atoms with Gasteiger partial charge in [-0.25, -0.2) is 11.4 Å². The zero-order chi connectivity index (χ0) is 19.5. The molecule has 0 amide bonds. The number of hydrogen-bond donors (Lipinski definition) is 5. The molecule has 1 heterocycles. The van der Waals surface area contributed by atoms with Crippen molar-refractivity contribution < 1.29 is 5.11 Å². The van der Waals surface area contributed by atoms with Crippen LogP contribution in [0.1, 0.15) is 0 Å². The van der Waals surface area contributed by atoms with Crippen LogP contribution in [0.4, 0.5) is 0 Å². The number of hydrogen-bond acceptors (Lipinski definition) is 12. The Labute approximate surface area is 164 Å². The first-order chi connectivity index (χ1) is 12.3. The lowest BCUT2D eigenvalue weighted by Crippen LogP contribution is -2.43. The molecule has 0 bridgehead atoms. The summed E-state index contributed by atoms with van der Waals surface area (Å²) >= 11 is 2.82. The number of hydrazine groups is 3. The third-order valence-electron chi connectivity index (χ3n) is 3.29. The molecule has 0 aromatic rings. The third-order valence-corrected chi connectivity index (χ3v) is 5.56. The van der Waals surface area contributed by atoms with Crippen LogP contribution in [-0.2, 0) is 0 Å². The molecule has 0 aliphatic carbocycles.